The van der Waals surface area contributed by atoms with E-state index in [9.17, 15) is 0 Å². The average molecular weight is 268 g/mol. The van der Waals surface area contributed by atoms with Crippen LogP contribution in [0.4, 0.5) is 0 Å². The molecule has 0 radical (unpaired) electrons. The SMILES string of the molecule is CCCNC(c1cncc(C)c1)c1ccccc1CC. The Labute approximate surface area is 122 Å². The number of aryl methyl sites for hydroxylation is 2. The molecule has 2 rings (SSSR count). The lowest BCUT2D eigenvalue weighted by Crippen LogP contribution is -2.24. The largest absolute Gasteiger partial charge is 0.306 e. The van der Waals surface area contributed by atoms with Crippen LogP contribution in [0.3, 0.4) is 0 Å². The number of hydrogen-bond acceptors (Lipinski definition) is 2. The molecule has 2 aromatic rings. The molecule has 2 heteroatoms. The third-order valence-electron chi connectivity index (χ3n) is 3.57. The molecular formula is C18H24N2. The second-order valence-electron chi connectivity index (χ2n) is 5.24. The minimum absolute atomic E-state index is 0.235. The van der Waals surface area contributed by atoms with E-state index in [1.54, 1.807) is 0 Å². The monoisotopic (exact) mass is 268 g/mol. The number of rotatable bonds is 6. The summed E-state index contributed by atoms with van der Waals surface area (Å²) < 4.78 is 0. The highest BCUT2D eigenvalue weighted by Gasteiger charge is 2.16. The van der Waals surface area contributed by atoms with Crippen molar-refractivity contribution in [2.75, 3.05) is 6.54 Å². The highest BCUT2D eigenvalue weighted by atomic mass is 14.9. The maximum absolute atomic E-state index is 4.35. The van der Waals surface area contributed by atoms with E-state index < -0.39 is 0 Å². The first-order chi connectivity index (χ1) is 9.76. The Kier molecular flexibility index (Phi) is 5.31. The van der Waals surface area contributed by atoms with Gasteiger partial charge in [-0.3, -0.25) is 4.98 Å². The Balaban J connectivity index is 2.41. The number of hydrogen-bond donors (Lipinski definition) is 1. The Bertz CT molecular complexity index is 549. The Hall–Kier alpha value is -1.67. The molecule has 1 heterocycles. The van der Waals surface area contributed by atoms with Crippen molar-refractivity contribution in [2.24, 2.45) is 0 Å². The second kappa shape index (κ2) is 7.20. The van der Waals surface area contributed by atoms with Gasteiger partial charge < -0.3 is 5.32 Å². The van der Waals surface area contributed by atoms with Crippen molar-refractivity contribution in [3.63, 3.8) is 0 Å². The van der Waals surface area contributed by atoms with E-state index in [1.165, 1.54) is 22.3 Å². The van der Waals surface area contributed by atoms with E-state index in [0.29, 0.717) is 0 Å². The number of nitrogens with zero attached hydrogens (tertiary/aromatic N) is 1. The van der Waals surface area contributed by atoms with Gasteiger partial charge in [0.05, 0.1) is 6.04 Å². The number of pyridine rings is 1. The molecule has 0 saturated carbocycles. The maximum atomic E-state index is 4.35. The summed E-state index contributed by atoms with van der Waals surface area (Å²) >= 11 is 0. The van der Waals surface area contributed by atoms with Gasteiger partial charge in [0, 0.05) is 12.4 Å². The Morgan fingerprint density at radius 3 is 2.65 bits per heavy atom. The summed E-state index contributed by atoms with van der Waals surface area (Å²) in [4.78, 5) is 4.35. The Morgan fingerprint density at radius 2 is 1.95 bits per heavy atom. The van der Waals surface area contributed by atoms with Gasteiger partial charge in [-0.15, -0.1) is 0 Å². The molecule has 106 valence electrons. The minimum Gasteiger partial charge on any atom is -0.306 e. The Morgan fingerprint density at radius 1 is 1.15 bits per heavy atom. The quantitative estimate of drug-likeness (QED) is 0.855. The van der Waals surface area contributed by atoms with E-state index in [2.05, 4.69) is 61.4 Å². The van der Waals surface area contributed by atoms with Crippen LogP contribution < -0.4 is 5.32 Å². The van der Waals surface area contributed by atoms with Crippen LogP contribution >= 0.6 is 0 Å². The normalized spacial score (nSPS) is 12.3. The molecule has 0 saturated heterocycles. The van der Waals surface area contributed by atoms with Gasteiger partial charge >= 0.3 is 0 Å². The summed E-state index contributed by atoms with van der Waals surface area (Å²) in [5, 5.41) is 3.66. The molecule has 0 aliphatic heterocycles. The zero-order valence-corrected chi connectivity index (χ0v) is 12.7. The van der Waals surface area contributed by atoms with Gasteiger partial charge in [-0.1, -0.05) is 44.2 Å². The van der Waals surface area contributed by atoms with Crippen LogP contribution in [0.1, 0.15) is 48.6 Å². The average Bonchev–Trinajstić information content (AvgIpc) is 2.48. The van der Waals surface area contributed by atoms with Crippen molar-refractivity contribution in [2.45, 2.75) is 39.7 Å². The molecule has 1 unspecified atom stereocenters. The topological polar surface area (TPSA) is 24.9 Å². The van der Waals surface area contributed by atoms with Crippen LogP contribution in [0, 0.1) is 6.92 Å². The molecule has 2 nitrogen and oxygen atoms in total. The van der Waals surface area contributed by atoms with Crippen LogP contribution in [-0.4, -0.2) is 11.5 Å². The molecular weight excluding hydrogens is 244 g/mol. The van der Waals surface area contributed by atoms with E-state index in [0.717, 1.165) is 19.4 Å². The molecule has 0 fully saturated rings. The minimum atomic E-state index is 0.235. The third kappa shape index (κ3) is 3.45. The predicted octanol–water partition coefficient (Wildman–Crippen LogP) is 4.04. The van der Waals surface area contributed by atoms with Crippen LogP contribution in [-0.2, 0) is 6.42 Å². The molecule has 0 spiro atoms. The van der Waals surface area contributed by atoms with Crippen molar-refractivity contribution in [3.8, 4) is 0 Å². The molecule has 0 amide bonds. The molecule has 20 heavy (non-hydrogen) atoms. The third-order valence-corrected chi connectivity index (χ3v) is 3.57. The standard InChI is InChI=1S/C18H24N2/c1-4-10-20-18(16-11-14(3)12-19-13-16)17-9-7-6-8-15(17)5-2/h6-9,11-13,18,20H,4-5,10H2,1-3H3. The number of nitrogens with one attached hydrogen (secondary N) is 1. The first-order valence-corrected chi connectivity index (χ1v) is 7.49. The fourth-order valence-corrected chi connectivity index (χ4v) is 2.57. The van der Waals surface area contributed by atoms with E-state index in [-0.39, 0.29) is 6.04 Å². The van der Waals surface area contributed by atoms with Crippen molar-refractivity contribution in [3.05, 3.63) is 65.0 Å². The summed E-state index contributed by atoms with van der Waals surface area (Å²) in [5.41, 5.74) is 5.23. The lowest BCUT2D eigenvalue weighted by Gasteiger charge is -2.22. The zero-order valence-electron chi connectivity index (χ0n) is 12.7. The molecule has 1 atom stereocenters. The van der Waals surface area contributed by atoms with Crippen LogP contribution in [0.25, 0.3) is 0 Å². The maximum Gasteiger partial charge on any atom is 0.0594 e. The van der Waals surface area contributed by atoms with Crippen molar-refractivity contribution in [1.29, 1.82) is 0 Å². The van der Waals surface area contributed by atoms with Gasteiger partial charge in [0.1, 0.15) is 0 Å². The zero-order chi connectivity index (χ0) is 14.4. The molecule has 1 N–H and O–H groups in total. The summed E-state index contributed by atoms with van der Waals surface area (Å²) in [6.45, 7) is 7.52. The smallest absolute Gasteiger partial charge is 0.0594 e. The summed E-state index contributed by atoms with van der Waals surface area (Å²) in [6.07, 6.45) is 6.07. The summed E-state index contributed by atoms with van der Waals surface area (Å²) in [5.74, 6) is 0. The van der Waals surface area contributed by atoms with Crippen LogP contribution in [0.15, 0.2) is 42.7 Å². The molecule has 0 aliphatic carbocycles. The van der Waals surface area contributed by atoms with E-state index in [1.807, 2.05) is 12.4 Å². The fourth-order valence-electron chi connectivity index (χ4n) is 2.57. The van der Waals surface area contributed by atoms with Gasteiger partial charge in [-0.25, -0.2) is 0 Å². The summed E-state index contributed by atoms with van der Waals surface area (Å²) in [6, 6.07) is 11.2. The van der Waals surface area contributed by atoms with Gasteiger partial charge in [0.25, 0.3) is 0 Å². The van der Waals surface area contributed by atoms with E-state index in [4.69, 9.17) is 0 Å². The molecule has 1 aromatic carbocycles. The highest BCUT2D eigenvalue weighted by molar-refractivity contribution is 5.37. The molecule has 0 aliphatic rings. The van der Waals surface area contributed by atoms with Gasteiger partial charge in [-0.05, 0) is 48.6 Å². The van der Waals surface area contributed by atoms with Crippen LogP contribution in [0.2, 0.25) is 0 Å². The first-order valence-electron chi connectivity index (χ1n) is 7.49. The van der Waals surface area contributed by atoms with Gasteiger partial charge in [0.15, 0.2) is 0 Å². The second-order valence-corrected chi connectivity index (χ2v) is 5.24. The number of aromatic nitrogens is 1. The fraction of sp³-hybridized carbons (Fsp3) is 0.389. The van der Waals surface area contributed by atoms with Gasteiger partial charge in [-0.2, -0.15) is 0 Å². The highest BCUT2D eigenvalue weighted by Crippen LogP contribution is 2.25. The van der Waals surface area contributed by atoms with Crippen molar-refractivity contribution in [1.82, 2.24) is 10.3 Å². The van der Waals surface area contributed by atoms with E-state index >= 15 is 0 Å². The van der Waals surface area contributed by atoms with Gasteiger partial charge in [0.2, 0.25) is 0 Å². The van der Waals surface area contributed by atoms with Crippen molar-refractivity contribution < 1.29 is 0 Å². The number of benzene rings is 1. The molecule has 1 aromatic heterocycles. The first kappa shape index (κ1) is 14.7. The molecule has 0 bridgehead atoms. The lowest BCUT2D eigenvalue weighted by molar-refractivity contribution is 0.593. The predicted molar refractivity (Wildman–Crippen MR) is 84.9 cm³/mol. The summed E-state index contributed by atoms with van der Waals surface area (Å²) in [7, 11) is 0. The van der Waals surface area contributed by atoms with Crippen molar-refractivity contribution >= 4 is 0 Å². The lowest BCUT2D eigenvalue weighted by atomic mass is 9.93. The van der Waals surface area contributed by atoms with Crippen LogP contribution in [0.5, 0.6) is 0 Å².